The minimum atomic E-state index is -3.54. The molecule has 4 nitrogen and oxygen atoms in total. The molecule has 110 valence electrons. The first-order chi connectivity index (χ1) is 10.1. The highest BCUT2D eigenvalue weighted by Crippen LogP contribution is 2.11. The summed E-state index contributed by atoms with van der Waals surface area (Å²) in [6, 6.07) is 8.33. The molecule has 1 aromatic heterocycles. The fraction of sp³-hybridized carbons (Fsp3) is 0.200. The summed E-state index contributed by atoms with van der Waals surface area (Å²) in [6.07, 6.45) is 0.659. The van der Waals surface area contributed by atoms with E-state index >= 15 is 0 Å². The van der Waals surface area contributed by atoms with Gasteiger partial charge in [-0.1, -0.05) is 17.9 Å². The first-order valence-electron chi connectivity index (χ1n) is 6.32. The average molecular weight is 321 g/mol. The van der Waals surface area contributed by atoms with Gasteiger partial charge in [0.15, 0.2) is 0 Å². The Morgan fingerprint density at radius 1 is 1.29 bits per heavy atom. The average Bonchev–Trinajstić information content (AvgIpc) is 2.98. The Morgan fingerprint density at radius 2 is 2.14 bits per heavy atom. The summed E-state index contributed by atoms with van der Waals surface area (Å²) in [4.78, 5) is 0.178. The van der Waals surface area contributed by atoms with Crippen LogP contribution in [0.4, 0.5) is 0 Å². The van der Waals surface area contributed by atoms with Crippen molar-refractivity contribution in [2.75, 3.05) is 13.2 Å². The predicted molar refractivity (Wildman–Crippen MR) is 83.6 cm³/mol. The van der Waals surface area contributed by atoms with Crippen LogP contribution in [-0.2, 0) is 16.4 Å². The van der Waals surface area contributed by atoms with Crippen LogP contribution in [0.3, 0.4) is 0 Å². The lowest BCUT2D eigenvalue weighted by molar-refractivity contribution is 0.350. The lowest BCUT2D eigenvalue weighted by Crippen LogP contribution is -2.25. The molecule has 0 radical (unpaired) electrons. The minimum absolute atomic E-state index is 0.178. The largest absolute Gasteiger partial charge is 0.384 e. The number of hydrogen-bond donors (Lipinski definition) is 2. The molecular weight excluding hydrogens is 306 g/mol. The van der Waals surface area contributed by atoms with Crippen molar-refractivity contribution in [1.82, 2.24) is 4.72 Å². The molecule has 0 unspecified atom stereocenters. The smallest absolute Gasteiger partial charge is 0.240 e. The first kappa shape index (κ1) is 15.7. The Bertz CT molecular complexity index is 741. The number of nitrogens with one attached hydrogen (secondary N) is 1. The third kappa shape index (κ3) is 4.69. The van der Waals surface area contributed by atoms with E-state index in [2.05, 4.69) is 16.6 Å². The van der Waals surface area contributed by atoms with Crippen LogP contribution in [0.1, 0.15) is 11.1 Å². The first-order valence-corrected chi connectivity index (χ1v) is 8.75. The maximum atomic E-state index is 12.2. The number of rotatable bonds is 5. The van der Waals surface area contributed by atoms with Crippen molar-refractivity contribution < 1.29 is 13.5 Å². The van der Waals surface area contributed by atoms with Crippen molar-refractivity contribution in [2.45, 2.75) is 11.3 Å². The number of hydrogen-bond acceptors (Lipinski definition) is 4. The maximum Gasteiger partial charge on any atom is 0.240 e. The van der Waals surface area contributed by atoms with Gasteiger partial charge < -0.3 is 5.11 Å². The van der Waals surface area contributed by atoms with E-state index < -0.39 is 10.0 Å². The van der Waals surface area contributed by atoms with E-state index in [9.17, 15) is 8.42 Å². The summed E-state index contributed by atoms with van der Waals surface area (Å²) in [6.45, 7) is 0.0987. The number of aliphatic hydroxyl groups is 1. The highest BCUT2D eigenvalue weighted by atomic mass is 32.2. The van der Waals surface area contributed by atoms with Crippen LogP contribution in [0.15, 0.2) is 46.0 Å². The molecule has 0 amide bonds. The Kier molecular flexibility index (Phi) is 5.53. The Hall–Kier alpha value is -1.65. The van der Waals surface area contributed by atoms with Gasteiger partial charge in [0.25, 0.3) is 0 Å². The van der Waals surface area contributed by atoms with Crippen LogP contribution in [0.25, 0.3) is 0 Å². The molecule has 21 heavy (non-hydrogen) atoms. The monoisotopic (exact) mass is 321 g/mol. The molecule has 0 bridgehead atoms. The van der Waals surface area contributed by atoms with Gasteiger partial charge in [0.1, 0.15) is 6.61 Å². The summed E-state index contributed by atoms with van der Waals surface area (Å²) in [7, 11) is -3.54. The van der Waals surface area contributed by atoms with Crippen molar-refractivity contribution >= 4 is 21.4 Å². The fourth-order valence-electron chi connectivity index (χ4n) is 1.73. The van der Waals surface area contributed by atoms with E-state index in [4.69, 9.17) is 5.11 Å². The van der Waals surface area contributed by atoms with Gasteiger partial charge in [0, 0.05) is 12.1 Å². The van der Waals surface area contributed by atoms with Gasteiger partial charge in [-0.2, -0.15) is 11.3 Å². The number of thiophene rings is 1. The molecule has 0 aliphatic heterocycles. The Balaban J connectivity index is 2.04. The van der Waals surface area contributed by atoms with Crippen LogP contribution in [-0.4, -0.2) is 26.7 Å². The van der Waals surface area contributed by atoms with Gasteiger partial charge in [-0.25, -0.2) is 13.1 Å². The van der Waals surface area contributed by atoms with Crippen LogP contribution >= 0.6 is 11.3 Å². The molecule has 0 atom stereocenters. The van der Waals surface area contributed by atoms with E-state index in [0.717, 1.165) is 5.56 Å². The van der Waals surface area contributed by atoms with E-state index in [1.807, 2.05) is 16.8 Å². The highest BCUT2D eigenvalue weighted by molar-refractivity contribution is 7.89. The normalized spacial score (nSPS) is 10.9. The standard InChI is InChI=1S/C15H15NO3S2/c17-9-2-4-13-3-1-5-15(11-13)21(18,19)16-8-6-14-7-10-20-12-14/h1,3,5,7,10-12,16-17H,6,8-9H2. The zero-order valence-electron chi connectivity index (χ0n) is 11.2. The molecule has 0 aliphatic carbocycles. The van der Waals surface area contributed by atoms with Crippen molar-refractivity contribution in [3.63, 3.8) is 0 Å². The topological polar surface area (TPSA) is 66.4 Å². The van der Waals surface area contributed by atoms with E-state index in [1.54, 1.807) is 23.5 Å². The second kappa shape index (κ2) is 7.38. The van der Waals surface area contributed by atoms with Crippen LogP contribution in [0.5, 0.6) is 0 Å². The maximum absolute atomic E-state index is 12.2. The van der Waals surface area contributed by atoms with Crippen LogP contribution in [0, 0.1) is 11.8 Å². The second-order valence-electron chi connectivity index (χ2n) is 4.27. The quantitative estimate of drug-likeness (QED) is 0.822. The minimum Gasteiger partial charge on any atom is -0.384 e. The Morgan fingerprint density at radius 3 is 2.86 bits per heavy atom. The molecule has 0 saturated carbocycles. The molecule has 1 aromatic carbocycles. The number of sulfonamides is 1. The predicted octanol–water partition coefficient (Wildman–Crippen LogP) is 1.61. The fourth-order valence-corrected chi connectivity index (χ4v) is 3.51. The van der Waals surface area contributed by atoms with E-state index in [0.29, 0.717) is 18.5 Å². The lowest BCUT2D eigenvalue weighted by Gasteiger charge is -2.06. The highest BCUT2D eigenvalue weighted by Gasteiger charge is 2.13. The second-order valence-corrected chi connectivity index (χ2v) is 6.81. The molecule has 0 saturated heterocycles. The summed E-state index contributed by atoms with van der Waals surface area (Å²) >= 11 is 1.59. The Labute approximate surface area is 128 Å². The molecule has 0 aliphatic rings. The van der Waals surface area contributed by atoms with Gasteiger partial charge in [-0.3, -0.25) is 0 Å². The molecule has 2 N–H and O–H groups in total. The lowest BCUT2D eigenvalue weighted by atomic mass is 10.2. The van der Waals surface area contributed by atoms with Gasteiger partial charge in [-0.15, -0.1) is 0 Å². The molecule has 2 rings (SSSR count). The third-order valence-electron chi connectivity index (χ3n) is 2.74. The SMILES string of the molecule is O=S(=O)(NCCc1ccsc1)c1cccc(C#CCO)c1. The molecule has 0 spiro atoms. The molecule has 6 heteroatoms. The summed E-state index contributed by atoms with van der Waals surface area (Å²) in [5, 5.41) is 12.6. The summed E-state index contributed by atoms with van der Waals surface area (Å²) < 4.78 is 26.9. The van der Waals surface area contributed by atoms with Crippen LogP contribution in [0.2, 0.25) is 0 Å². The van der Waals surface area contributed by atoms with E-state index in [1.165, 1.54) is 12.1 Å². The molecular formula is C15H15NO3S2. The van der Waals surface area contributed by atoms with Crippen molar-refractivity contribution in [1.29, 1.82) is 0 Å². The van der Waals surface area contributed by atoms with Gasteiger partial charge in [-0.05, 0) is 47.0 Å². The van der Waals surface area contributed by atoms with Crippen molar-refractivity contribution in [2.24, 2.45) is 0 Å². The number of benzene rings is 1. The zero-order chi connectivity index (χ0) is 15.1. The summed E-state index contributed by atoms with van der Waals surface area (Å²) in [5.74, 6) is 5.19. The van der Waals surface area contributed by atoms with E-state index in [-0.39, 0.29) is 11.5 Å². The van der Waals surface area contributed by atoms with Gasteiger partial charge >= 0.3 is 0 Å². The van der Waals surface area contributed by atoms with Crippen molar-refractivity contribution in [3.05, 3.63) is 52.2 Å². The molecule has 2 aromatic rings. The number of aliphatic hydroxyl groups excluding tert-OH is 1. The van der Waals surface area contributed by atoms with Gasteiger partial charge in [0.05, 0.1) is 4.90 Å². The molecule has 1 heterocycles. The third-order valence-corrected chi connectivity index (χ3v) is 4.93. The summed E-state index contributed by atoms with van der Waals surface area (Å²) in [5.41, 5.74) is 1.68. The van der Waals surface area contributed by atoms with Crippen molar-refractivity contribution in [3.8, 4) is 11.8 Å². The zero-order valence-corrected chi connectivity index (χ0v) is 12.9. The van der Waals surface area contributed by atoms with Gasteiger partial charge in [0.2, 0.25) is 10.0 Å². The molecule has 0 fully saturated rings. The van der Waals surface area contributed by atoms with Crippen LogP contribution < -0.4 is 4.72 Å².